The van der Waals surface area contributed by atoms with Crippen molar-refractivity contribution in [3.8, 4) is 0 Å². The monoisotopic (exact) mass is 372 g/mol. The molecule has 1 saturated heterocycles. The molecule has 0 atom stereocenters. The topological polar surface area (TPSA) is 64.2 Å². The van der Waals surface area contributed by atoms with E-state index < -0.39 is 0 Å². The van der Waals surface area contributed by atoms with Crippen LogP contribution in [0.15, 0.2) is 38.9 Å². The van der Waals surface area contributed by atoms with Crippen LogP contribution in [0, 0.1) is 12.3 Å². The van der Waals surface area contributed by atoms with Gasteiger partial charge in [-0.1, -0.05) is 50.2 Å². The van der Waals surface area contributed by atoms with E-state index in [0.717, 1.165) is 36.4 Å². The van der Waals surface area contributed by atoms with Crippen LogP contribution in [-0.2, 0) is 7.05 Å². The second kappa shape index (κ2) is 7.35. The summed E-state index contributed by atoms with van der Waals surface area (Å²) in [6, 6.07) is 7.99. The maximum atomic E-state index is 12.9. The quantitative estimate of drug-likeness (QED) is 0.883. The SMILES string of the molecule is CCC1(C)CCN(c2nc(N)c(Sc3ccccc3C)c(=O)n2C)CC1. The number of aryl methyl sites for hydroxylation is 1. The van der Waals surface area contributed by atoms with Crippen molar-refractivity contribution >= 4 is 23.5 Å². The minimum absolute atomic E-state index is 0.0791. The molecule has 6 heteroatoms. The molecule has 1 aromatic carbocycles. The van der Waals surface area contributed by atoms with Crippen LogP contribution < -0.4 is 16.2 Å². The maximum absolute atomic E-state index is 12.9. The van der Waals surface area contributed by atoms with Crippen molar-refractivity contribution in [2.24, 2.45) is 12.5 Å². The van der Waals surface area contributed by atoms with Gasteiger partial charge < -0.3 is 10.6 Å². The summed E-state index contributed by atoms with van der Waals surface area (Å²) in [5, 5.41) is 0. The first-order chi connectivity index (χ1) is 12.3. The third-order valence-electron chi connectivity index (χ3n) is 5.66. The largest absolute Gasteiger partial charge is 0.382 e. The van der Waals surface area contributed by atoms with Crippen LogP contribution in [0.3, 0.4) is 0 Å². The first kappa shape index (κ1) is 18.8. The highest BCUT2D eigenvalue weighted by Crippen LogP contribution is 2.36. The standard InChI is InChI=1S/C20H28N4OS/c1-5-20(3)10-12-24(13-11-20)19-22-17(21)16(18(25)23(19)4)26-15-9-7-6-8-14(15)2/h6-9H,5,10-13,21H2,1-4H3. The van der Waals surface area contributed by atoms with Gasteiger partial charge in [0.25, 0.3) is 5.56 Å². The van der Waals surface area contributed by atoms with Gasteiger partial charge in [0, 0.05) is 25.0 Å². The Labute approximate surface area is 159 Å². The van der Waals surface area contributed by atoms with E-state index in [-0.39, 0.29) is 5.56 Å². The third kappa shape index (κ3) is 3.61. The van der Waals surface area contributed by atoms with Gasteiger partial charge in [-0.05, 0) is 36.8 Å². The highest BCUT2D eigenvalue weighted by molar-refractivity contribution is 7.99. The van der Waals surface area contributed by atoms with Crippen molar-refractivity contribution in [3.05, 3.63) is 40.2 Å². The summed E-state index contributed by atoms with van der Waals surface area (Å²) in [4.78, 5) is 21.3. The van der Waals surface area contributed by atoms with Crippen molar-refractivity contribution in [3.63, 3.8) is 0 Å². The average molecular weight is 373 g/mol. The predicted octanol–water partition coefficient (Wildman–Crippen LogP) is 3.84. The van der Waals surface area contributed by atoms with Gasteiger partial charge in [-0.15, -0.1) is 0 Å². The van der Waals surface area contributed by atoms with E-state index in [1.165, 1.54) is 18.2 Å². The lowest BCUT2D eigenvalue weighted by molar-refractivity contribution is 0.236. The normalized spacial score (nSPS) is 16.7. The molecular formula is C20H28N4OS. The maximum Gasteiger partial charge on any atom is 0.270 e. The Morgan fingerprint density at radius 3 is 2.54 bits per heavy atom. The molecule has 3 rings (SSSR count). The molecule has 5 nitrogen and oxygen atoms in total. The Kier molecular flexibility index (Phi) is 5.32. The van der Waals surface area contributed by atoms with E-state index >= 15 is 0 Å². The number of nitrogens with zero attached hydrogens (tertiary/aromatic N) is 3. The fourth-order valence-corrected chi connectivity index (χ4v) is 4.32. The Morgan fingerprint density at radius 2 is 1.92 bits per heavy atom. The molecule has 0 aliphatic carbocycles. The van der Waals surface area contributed by atoms with Crippen LogP contribution >= 0.6 is 11.8 Å². The highest BCUT2D eigenvalue weighted by atomic mass is 32.2. The molecule has 0 unspecified atom stereocenters. The molecule has 1 fully saturated rings. The fraction of sp³-hybridized carbons (Fsp3) is 0.500. The molecule has 1 aliphatic heterocycles. The van der Waals surface area contributed by atoms with Crippen LogP contribution in [0.25, 0.3) is 0 Å². The zero-order chi connectivity index (χ0) is 18.9. The Hall–Kier alpha value is -1.95. The summed E-state index contributed by atoms with van der Waals surface area (Å²) in [6.07, 6.45) is 3.40. The van der Waals surface area contributed by atoms with Crippen LogP contribution in [0.5, 0.6) is 0 Å². The minimum atomic E-state index is -0.0791. The van der Waals surface area contributed by atoms with Crippen LogP contribution in [0.4, 0.5) is 11.8 Å². The van der Waals surface area contributed by atoms with E-state index in [1.54, 1.807) is 11.6 Å². The molecule has 0 spiro atoms. The molecule has 2 heterocycles. The van der Waals surface area contributed by atoms with E-state index in [1.807, 2.05) is 31.2 Å². The fourth-order valence-electron chi connectivity index (χ4n) is 3.35. The number of anilines is 2. The van der Waals surface area contributed by atoms with Crippen LogP contribution in [0.2, 0.25) is 0 Å². The highest BCUT2D eigenvalue weighted by Gasteiger charge is 2.30. The molecule has 140 valence electrons. The lowest BCUT2D eigenvalue weighted by Crippen LogP contribution is -2.41. The van der Waals surface area contributed by atoms with Gasteiger partial charge in [-0.3, -0.25) is 9.36 Å². The van der Waals surface area contributed by atoms with Crippen molar-refractivity contribution < 1.29 is 0 Å². The van der Waals surface area contributed by atoms with E-state index in [4.69, 9.17) is 5.73 Å². The molecule has 2 aromatic rings. The zero-order valence-electron chi connectivity index (χ0n) is 16.1. The summed E-state index contributed by atoms with van der Waals surface area (Å²) in [7, 11) is 1.79. The molecule has 0 amide bonds. The number of benzene rings is 1. The summed E-state index contributed by atoms with van der Waals surface area (Å²) in [6.45, 7) is 8.44. The van der Waals surface area contributed by atoms with Crippen LogP contribution in [0.1, 0.15) is 38.7 Å². The second-order valence-corrected chi connectivity index (χ2v) is 8.56. The Balaban J connectivity index is 1.90. The lowest BCUT2D eigenvalue weighted by atomic mass is 9.78. The lowest BCUT2D eigenvalue weighted by Gasteiger charge is -2.39. The number of nitrogen functional groups attached to an aromatic ring is 1. The second-order valence-electron chi connectivity index (χ2n) is 7.51. The summed E-state index contributed by atoms with van der Waals surface area (Å²) >= 11 is 1.40. The zero-order valence-corrected chi connectivity index (χ0v) is 16.9. The molecule has 1 aromatic heterocycles. The predicted molar refractivity (Wildman–Crippen MR) is 109 cm³/mol. The van der Waals surface area contributed by atoms with E-state index in [2.05, 4.69) is 23.7 Å². The molecule has 26 heavy (non-hydrogen) atoms. The first-order valence-electron chi connectivity index (χ1n) is 9.19. The number of hydrogen-bond donors (Lipinski definition) is 1. The Bertz CT molecular complexity index is 853. The summed E-state index contributed by atoms with van der Waals surface area (Å²) < 4.78 is 1.64. The molecule has 0 radical (unpaired) electrons. The molecule has 0 bridgehead atoms. The first-order valence-corrected chi connectivity index (χ1v) is 10.0. The van der Waals surface area contributed by atoms with Gasteiger partial charge in [0.2, 0.25) is 5.95 Å². The van der Waals surface area contributed by atoms with Gasteiger partial charge >= 0.3 is 0 Å². The van der Waals surface area contributed by atoms with Crippen molar-refractivity contribution in [2.45, 2.75) is 49.8 Å². The molecular weight excluding hydrogens is 344 g/mol. The number of rotatable bonds is 4. The minimum Gasteiger partial charge on any atom is -0.382 e. The van der Waals surface area contributed by atoms with Crippen LogP contribution in [-0.4, -0.2) is 22.6 Å². The number of hydrogen-bond acceptors (Lipinski definition) is 5. The average Bonchev–Trinajstić information content (AvgIpc) is 2.64. The third-order valence-corrected chi connectivity index (χ3v) is 6.93. The molecule has 1 aliphatic rings. The smallest absolute Gasteiger partial charge is 0.270 e. The summed E-state index contributed by atoms with van der Waals surface area (Å²) in [5.74, 6) is 1.000. The van der Waals surface area contributed by atoms with Crippen molar-refractivity contribution in [1.29, 1.82) is 0 Å². The van der Waals surface area contributed by atoms with Gasteiger partial charge in [-0.2, -0.15) is 4.98 Å². The number of piperidine rings is 1. The molecule has 2 N–H and O–H groups in total. The van der Waals surface area contributed by atoms with Gasteiger partial charge in [0.1, 0.15) is 10.7 Å². The summed E-state index contributed by atoms with van der Waals surface area (Å²) in [5.41, 5.74) is 7.64. The number of aromatic nitrogens is 2. The van der Waals surface area contributed by atoms with E-state index in [9.17, 15) is 4.79 Å². The van der Waals surface area contributed by atoms with Gasteiger partial charge in [0.05, 0.1) is 0 Å². The van der Waals surface area contributed by atoms with Gasteiger partial charge in [-0.25, -0.2) is 0 Å². The number of nitrogens with two attached hydrogens (primary N) is 1. The Morgan fingerprint density at radius 1 is 1.27 bits per heavy atom. The van der Waals surface area contributed by atoms with Crippen molar-refractivity contribution in [1.82, 2.24) is 9.55 Å². The molecule has 0 saturated carbocycles. The van der Waals surface area contributed by atoms with Gasteiger partial charge in [0.15, 0.2) is 0 Å². The van der Waals surface area contributed by atoms with E-state index in [0.29, 0.717) is 22.1 Å². The van der Waals surface area contributed by atoms with Crippen molar-refractivity contribution in [2.75, 3.05) is 23.7 Å².